The summed E-state index contributed by atoms with van der Waals surface area (Å²) in [4.78, 5) is -1.05. The summed E-state index contributed by atoms with van der Waals surface area (Å²) < 4.78 is 69.0. The molecular formula is C18H14N2O7S2-2. The van der Waals surface area contributed by atoms with Crippen LogP contribution in [0.5, 0.6) is 5.75 Å². The summed E-state index contributed by atoms with van der Waals surface area (Å²) in [5, 5.41) is 18.2. The highest BCUT2D eigenvalue weighted by Gasteiger charge is 2.15. The van der Waals surface area contributed by atoms with E-state index in [2.05, 4.69) is 10.2 Å². The first kappa shape index (κ1) is 20.9. The highest BCUT2D eigenvalue weighted by atomic mass is 32.2. The summed E-state index contributed by atoms with van der Waals surface area (Å²) in [7, 11) is -9.62. The molecule has 0 aliphatic heterocycles. The largest absolute Gasteiger partial charge is 0.744 e. The van der Waals surface area contributed by atoms with E-state index >= 15 is 0 Å². The van der Waals surface area contributed by atoms with Crippen molar-refractivity contribution in [2.75, 3.05) is 0 Å². The third-order valence-electron chi connectivity index (χ3n) is 4.26. The van der Waals surface area contributed by atoms with Crippen molar-refractivity contribution in [3.63, 3.8) is 0 Å². The van der Waals surface area contributed by atoms with Crippen molar-refractivity contribution in [1.29, 1.82) is 0 Å². The van der Waals surface area contributed by atoms with Crippen molar-refractivity contribution < 1.29 is 31.0 Å². The monoisotopic (exact) mass is 434 g/mol. The topological polar surface area (TPSA) is 159 Å². The van der Waals surface area contributed by atoms with E-state index in [-0.39, 0.29) is 27.7 Å². The molecule has 3 aromatic carbocycles. The van der Waals surface area contributed by atoms with Gasteiger partial charge in [-0.3, -0.25) is 0 Å². The fourth-order valence-electron chi connectivity index (χ4n) is 2.90. The number of phenols is 1. The second-order valence-electron chi connectivity index (χ2n) is 6.30. The fraction of sp³-hybridized carbons (Fsp3) is 0.111. The van der Waals surface area contributed by atoms with Crippen LogP contribution >= 0.6 is 0 Å². The van der Waals surface area contributed by atoms with Gasteiger partial charge in [-0.25, -0.2) is 16.8 Å². The molecule has 3 aromatic rings. The highest BCUT2D eigenvalue weighted by Crippen LogP contribution is 2.40. The third-order valence-corrected chi connectivity index (χ3v) is 6.11. The van der Waals surface area contributed by atoms with Gasteiger partial charge in [-0.05, 0) is 37.1 Å². The molecule has 0 aromatic heterocycles. The lowest BCUT2D eigenvalue weighted by Crippen LogP contribution is -2.01. The van der Waals surface area contributed by atoms with Crippen molar-refractivity contribution in [2.45, 2.75) is 23.6 Å². The second-order valence-corrected chi connectivity index (χ2v) is 9.00. The van der Waals surface area contributed by atoms with Crippen LogP contribution in [0.1, 0.15) is 11.1 Å². The number of benzene rings is 3. The predicted octanol–water partition coefficient (Wildman–Crippen LogP) is 3.39. The Labute approximate surface area is 166 Å². The molecule has 0 spiro atoms. The van der Waals surface area contributed by atoms with Crippen LogP contribution in [0.15, 0.2) is 62.5 Å². The minimum atomic E-state index is -4.87. The SMILES string of the molecule is Cc1cc(C)c(S(=O)(=O)[O-])cc1N=Nc1cc(S(=O)(=O)[O-])c2ccccc2c1O. The predicted molar refractivity (Wildman–Crippen MR) is 102 cm³/mol. The number of nitrogens with zero attached hydrogens (tertiary/aromatic N) is 2. The molecule has 9 nitrogen and oxygen atoms in total. The molecule has 0 saturated carbocycles. The van der Waals surface area contributed by atoms with Crippen LogP contribution in [-0.2, 0) is 20.2 Å². The second kappa shape index (κ2) is 7.19. The van der Waals surface area contributed by atoms with E-state index in [0.717, 1.165) is 12.1 Å². The van der Waals surface area contributed by atoms with Gasteiger partial charge >= 0.3 is 0 Å². The van der Waals surface area contributed by atoms with Crippen LogP contribution in [0, 0.1) is 13.8 Å². The van der Waals surface area contributed by atoms with Gasteiger partial charge in [-0.2, -0.15) is 5.11 Å². The first-order valence-electron chi connectivity index (χ1n) is 8.09. The number of fused-ring (bicyclic) bond motifs is 1. The maximum Gasteiger partial charge on any atom is 0.150 e. The molecular weight excluding hydrogens is 420 g/mol. The van der Waals surface area contributed by atoms with E-state index in [1.807, 2.05) is 0 Å². The van der Waals surface area contributed by atoms with Crippen molar-refractivity contribution in [3.05, 3.63) is 53.6 Å². The van der Waals surface area contributed by atoms with Gasteiger partial charge in [0.1, 0.15) is 25.9 Å². The zero-order chi connectivity index (χ0) is 21.6. The van der Waals surface area contributed by atoms with Gasteiger partial charge in [0.25, 0.3) is 0 Å². The van der Waals surface area contributed by atoms with E-state index < -0.39 is 35.8 Å². The first-order chi connectivity index (χ1) is 13.4. The molecule has 0 heterocycles. The lowest BCUT2D eigenvalue weighted by atomic mass is 10.1. The van der Waals surface area contributed by atoms with Crippen LogP contribution in [0.3, 0.4) is 0 Å². The summed E-state index contributed by atoms with van der Waals surface area (Å²) in [6.45, 7) is 3.07. The van der Waals surface area contributed by atoms with Crippen molar-refractivity contribution in [1.82, 2.24) is 0 Å². The van der Waals surface area contributed by atoms with Crippen LogP contribution in [0.25, 0.3) is 10.8 Å². The van der Waals surface area contributed by atoms with E-state index in [0.29, 0.717) is 5.56 Å². The maximum atomic E-state index is 11.6. The van der Waals surface area contributed by atoms with E-state index in [4.69, 9.17) is 0 Å². The number of hydrogen-bond acceptors (Lipinski definition) is 9. The Morgan fingerprint density at radius 3 is 1.86 bits per heavy atom. The van der Waals surface area contributed by atoms with Gasteiger partial charge in [0.15, 0.2) is 5.75 Å². The van der Waals surface area contributed by atoms with Gasteiger partial charge in [0.05, 0.1) is 15.5 Å². The molecule has 3 rings (SSSR count). The molecule has 29 heavy (non-hydrogen) atoms. The number of rotatable bonds is 4. The molecule has 0 fully saturated rings. The third kappa shape index (κ3) is 4.12. The van der Waals surface area contributed by atoms with Crippen LogP contribution in [0.2, 0.25) is 0 Å². The lowest BCUT2D eigenvalue weighted by Gasteiger charge is -2.14. The van der Waals surface area contributed by atoms with Crippen LogP contribution in [0.4, 0.5) is 11.4 Å². The summed E-state index contributed by atoms with van der Waals surface area (Å²) >= 11 is 0. The molecule has 0 radical (unpaired) electrons. The molecule has 0 aliphatic carbocycles. The maximum absolute atomic E-state index is 11.6. The molecule has 0 saturated heterocycles. The Kier molecular flexibility index (Phi) is 5.17. The number of aromatic hydroxyl groups is 1. The smallest absolute Gasteiger partial charge is 0.150 e. The highest BCUT2D eigenvalue weighted by molar-refractivity contribution is 7.86. The molecule has 0 amide bonds. The standard InChI is InChI=1S/C18H16N2O7S2/c1-10-7-11(2)16(28(22,23)24)8-14(10)19-20-15-9-17(29(25,26)27)12-5-3-4-6-13(12)18(15)21/h3-9,21H,1-2H3,(H,22,23,24)(H,25,26,27)/p-2. The van der Waals surface area contributed by atoms with Crippen molar-refractivity contribution in [2.24, 2.45) is 10.2 Å². The van der Waals surface area contributed by atoms with Gasteiger partial charge < -0.3 is 14.2 Å². The Balaban J connectivity index is 2.22. The number of aryl methyl sites for hydroxylation is 2. The zero-order valence-electron chi connectivity index (χ0n) is 15.1. The Morgan fingerprint density at radius 2 is 1.28 bits per heavy atom. The van der Waals surface area contributed by atoms with Crippen LogP contribution < -0.4 is 0 Å². The van der Waals surface area contributed by atoms with Crippen molar-refractivity contribution >= 4 is 42.4 Å². The number of phenolic OH excluding ortho intramolecular Hbond substituents is 1. The molecule has 0 aliphatic rings. The number of azo groups is 1. The van der Waals surface area contributed by atoms with Gasteiger partial charge in [-0.1, -0.05) is 30.3 Å². The zero-order valence-corrected chi connectivity index (χ0v) is 16.8. The van der Waals surface area contributed by atoms with Crippen LogP contribution in [-0.4, -0.2) is 31.0 Å². The Hall–Kier alpha value is -2.86. The van der Waals surface area contributed by atoms with E-state index in [1.165, 1.54) is 31.2 Å². The lowest BCUT2D eigenvalue weighted by molar-refractivity contribution is 0.460. The minimum absolute atomic E-state index is 0.0316. The van der Waals surface area contributed by atoms with E-state index in [9.17, 15) is 31.0 Å². The molecule has 0 unspecified atom stereocenters. The summed E-state index contributed by atoms with van der Waals surface area (Å²) in [5.74, 6) is -0.404. The van der Waals surface area contributed by atoms with Crippen molar-refractivity contribution in [3.8, 4) is 5.75 Å². The summed E-state index contributed by atoms with van der Waals surface area (Å²) in [5.41, 5.74) is 0.467. The minimum Gasteiger partial charge on any atom is -0.744 e. The van der Waals surface area contributed by atoms with E-state index in [1.54, 1.807) is 13.0 Å². The van der Waals surface area contributed by atoms with Gasteiger partial charge in [0, 0.05) is 10.8 Å². The average molecular weight is 434 g/mol. The first-order valence-corrected chi connectivity index (χ1v) is 10.9. The molecule has 152 valence electrons. The molecule has 11 heteroatoms. The quantitative estimate of drug-likeness (QED) is 0.486. The summed E-state index contributed by atoms with van der Waals surface area (Å²) in [6.07, 6.45) is 0. The summed E-state index contributed by atoms with van der Waals surface area (Å²) in [6, 6.07) is 9.21. The normalized spacial score (nSPS) is 12.7. The van der Waals surface area contributed by atoms with Gasteiger partial charge in [-0.15, -0.1) is 5.11 Å². The number of hydrogen-bond donors (Lipinski definition) is 1. The Bertz CT molecular complexity index is 1380. The fourth-order valence-corrected chi connectivity index (χ4v) is 4.31. The van der Waals surface area contributed by atoms with Gasteiger partial charge in [0.2, 0.25) is 0 Å². The molecule has 0 atom stereocenters. The molecule has 0 bridgehead atoms. The molecule has 1 N–H and O–H groups in total. The Morgan fingerprint density at radius 1 is 0.759 bits per heavy atom. The average Bonchev–Trinajstić information content (AvgIpc) is 2.60.